The molecule has 1 N–H and O–H groups in total. The highest BCUT2D eigenvalue weighted by atomic mass is 79.9. The molecule has 3 rings (SSSR count). The van der Waals surface area contributed by atoms with Gasteiger partial charge in [0.2, 0.25) is 0 Å². The van der Waals surface area contributed by atoms with Crippen LogP contribution in [0.3, 0.4) is 0 Å². The summed E-state index contributed by atoms with van der Waals surface area (Å²) in [4.78, 5) is 7.91. The van der Waals surface area contributed by atoms with Gasteiger partial charge in [-0.2, -0.15) is 0 Å². The lowest BCUT2D eigenvalue weighted by Gasteiger charge is -2.28. The van der Waals surface area contributed by atoms with Crippen molar-refractivity contribution in [1.82, 2.24) is 9.97 Å². The summed E-state index contributed by atoms with van der Waals surface area (Å²) in [5, 5.41) is 0. The van der Waals surface area contributed by atoms with E-state index in [0.29, 0.717) is 0 Å². The van der Waals surface area contributed by atoms with Gasteiger partial charge < -0.3 is 4.98 Å². The molecular formula is C15H15BrN2S. The van der Waals surface area contributed by atoms with Crippen LogP contribution in [0.25, 0.3) is 0 Å². The van der Waals surface area contributed by atoms with Crippen molar-refractivity contribution in [2.24, 2.45) is 0 Å². The molecule has 0 amide bonds. The molecule has 1 aliphatic carbocycles. The molecule has 2 aromatic rings. The Morgan fingerprint density at radius 3 is 2.47 bits per heavy atom. The monoisotopic (exact) mass is 334 g/mol. The Bertz CT molecular complexity index is 630. The van der Waals surface area contributed by atoms with Gasteiger partial charge in [-0.25, -0.2) is 4.98 Å². The summed E-state index contributed by atoms with van der Waals surface area (Å²) >= 11 is 8.75. The Kier molecular flexibility index (Phi) is 3.54. The van der Waals surface area contributed by atoms with Gasteiger partial charge in [-0.1, -0.05) is 55.4 Å². The average Bonchev–Trinajstić information content (AvgIpc) is 2.93. The lowest BCUT2D eigenvalue weighted by atomic mass is 9.78. The smallest absolute Gasteiger partial charge is 0.120 e. The summed E-state index contributed by atoms with van der Waals surface area (Å²) in [5.41, 5.74) is 1.35. The maximum atomic E-state index is 5.33. The fraction of sp³-hybridized carbons (Fsp3) is 0.333. The van der Waals surface area contributed by atoms with Gasteiger partial charge >= 0.3 is 0 Å². The third-order valence-corrected chi connectivity index (χ3v) is 5.18. The third kappa shape index (κ3) is 2.28. The van der Waals surface area contributed by atoms with E-state index < -0.39 is 0 Å². The Hall–Kier alpha value is -1.00. The van der Waals surface area contributed by atoms with Gasteiger partial charge in [-0.05, 0) is 34.3 Å². The maximum Gasteiger partial charge on any atom is 0.120 e. The zero-order valence-corrected chi connectivity index (χ0v) is 12.9. The zero-order chi connectivity index (χ0) is 13.3. The van der Waals surface area contributed by atoms with Crippen LogP contribution >= 0.6 is 28.1 Å². The third-order valence-electron chi connectivity index (χ3n) is 3.99. The Morgan fingerprint density at radius 1 is 1.16 bits per heavy atom. The standard InChI is InChI=1S/C15H15BrN2S/c16-12-10-17-14(18-13(12)19)15(8-4-5-9-15)11-6-2-1-3-7-11/h1-3,6-7,10H,4-5,8-9H2,(H,17,18,19). The van der Waals surface area contributed by atoms with Crippen molar-refractivity contribution >= 4 is 28.1 Å². The van der Waals surface area contributed by atoms with Gasteiger partial charge in [0.15, 0.2) is 0 Å². The largest absolute Gasteiger partial charge is 0.333 e. The predicted molar refractivity (Wildman–Crippen MR) is 82.8 cm³/mol. The van der Waals surface area contributed by atoms with Crippen LogP contribution in [0.2, 0.25) is 0 Å². The van der Waals surface area contributed by atoms with Crippen LogP contribution in [0.15, 0.2) is 41.0 Å². The lowest BCUT2D eigenvalue weighted by Crippen LogP contribution is -2.26. The molecule has 19 heavy (non-hydrogen) atoms. The van der Waals surface area contributed by atoms with Crippen LogP contribution in [0.1, 0.15) is 37.1 Å². The van der Waals surface area contributed by atoms with Crippen LogP contribution in [0.5, 0.6) is 0 Å². The minimum Gasteiger partial charge on any atom is -0.333 e. The van der Waals surface area contributed by atoms with Gasteiger partial charge in [0.25, 0.3) is 0 Å². The second-order valence-electron chi connectivity index (χ2n) is 5.06. The fourth-order valence-electron chi connectivity index (χ4n) is 3.02. The molecule has 1 aromatic heterocycles. The molecule has 1 saturated carbocycles. The highest BCUT2D eigenvalue weighted by Crippen LogP contribution is 2.44. The first-order valence-electron chi connectivity index (χ1n) is 6.53. The van der Waals surface area contributed by atoms with Gasteiger partial charge in [-0.15, -0.1) is 0 Å². The molecule has 0 aliphatic heterocycles. The second kappa shape index (κ2) is 5.17. The van der Waals surface area contributed by atoms with E-state index in [9.17, 15) is 0 Å². The van der Waals surface area contributed by atoms with E-state index in [1.165, 1.54) is 18.4 Å². The summed E-state index contributed by atoms with van der Waals surface area (Å²) in [6.07, 6.45) is 6.57. The number of benzene rings is 1. The van der Waals surface area contributed by atoms with E-state index in [-0.39, 0.29) is 5.41 Å². The molecule has 4 heteroatoms. The topological polar surface area (TPSA) is 28.7 Å². The van der Waals surface area contributed by atoms with E-state index in [4.69, 9.17) is 12.2 Å². The first-order valence-corrected chi connectivity index (χ1v) is 7.73. The number of aromatic amines is 1. The molecule has 0 radical (unpaired) electrons. The van der Waals surface area contributed by atoms with Gasteiger partial charge in [0, 0.05) is 6.20 Å². The van der Waals surface area contributed by atoms with Crippen molar-refractivity contribution in [1.29, 1.82) is 0 Å². The highest BCUT2D eigenvalue weighted by Gasteiger charge is 2.39. The molecule has 1 aliphatic rings. The summed E-state index contributed by atoms with van der Waals surface area (Å²) in [5.74, 6) is 1.00. The van der Waals surface area contributed by atoms with Crippen molar-refractivity contribution in [3.8, 4) is 0 Å². The van der Waals surface area contributed by atoms with Gasteiger partial charge in [-0.3, -0.25) is 0 Å². The van der Waals surface area contributed by atoms with Gasteiger partial charge in [0.1, 0.15) is 10.5 Å². The number of H-pyrrole nitrogens is 1. The normalized spacial score (nSPS) is 17.5. The second-order valence-corrected chi connectivity index (χ2v) is 6.33. The maximum absolute atomic E-state index is 5.33. The molecule has 0 atom stereocenters. The molecular weight excluding hydrogens is 320 g/mol. The Labute approximate surface area is 126 Å². The van der Waals surface area contributed by atoms with Crippen LogP contribution < -0.4 is 0 Å². The van der Waals surface area contributed by atoms with Crippen molar-refractivity contribution < 1.29 is 0 Å². The van der Waals surface area contributed by atoms with E-state index >= 15 is 0 Å². The first-order chi connectivity index (χ1) is 9.22. The number of aromatic nitrogens is 2. The van der Waals surface area contributed by atoms with Crippen LogP contribution in [0, 0.1) is 4.64 Å². The number of halogens is 1. The molecule has 1 heterocycles. The van der Waals surface area contributed by atoms with Crippen molar-refractivity contribution in [2.45, 2.75) is 31.1 Å². The number of rotatable bonds is 2. The summed E-state index contributed by atoms with van der Waals surface area (Å²) in [6, 6.07) is 10.7. The molecule has 2 nitrogen and oxygen atoms in total. The minimum atomic E-state index is 0.00944. The summed E-state index contributed by atoms with van der Waals surface area (Å²) in [7, 11) is 0. The van der Waals surface area contributed by atoms with E-state index in [1.54, 1.807) is 0 Å². The average molecular weight is 335 g/mol. The van der Waals surface area contributed by atoms with Crippen LogP contribution in [-0.2, 0) is 5.41 Å². The number of hydrogen-bond acceptors (Lipinski definition) is 2. The van der Waals surface area contributed by atoms with E-state index in [0.717, 1.165) is 27.8 Å². The number of hydrogen-bond donors (Lipinski definition) is 1. The summed E-state index contributed by atoms with van der Waals surface area (Å²) < 4.78 is 1.58. The Morgan fingerprint density at radius 2 is 1.84 bits per heavy atom. The fourth-order valence-corrected chi connectivity index (χ4v) is 3.37. The lowest BCUT2D eigenvalue weighted by molar-refractivity contribution is 0.498. The molecule has 0 saturated heterocycles. The predicted octanol–water partition coefficient (Wildman–Crippen LogP) is 4.76. The molecule has 0 unspecified atom stereocenters. The number of nitrogens with one attached hydrogen (secondary N) is 1. The SMILES string of the molecule is S=c1[nH]c(C2(c3ccccc3)CCCC2)ncc1Br. The summed E-state index contributed by atoms with van der Waals surface area (Å²) in [6.45, 7) is 0. The van der Waals surface area contributed by atoms with E-state index in [2.05, 4.69) is 56.2 Å². The van der Waals surface area contributed by atoms with Crippen LogP contribution in [0.4, 0.5) is 0 Å². The van der Waals surface area contributed by atoms with Crippen molar-refractivity contribution in [3.05, 3.63) is 57.0 Å². The van der Waals surface area contributed by atoms with Crippen LogP contribution in [-0.4, -0.2) is 9.97 Å². The van der Waals surface area contributed by atoms with E-state index in [1.807, 2.05) is 6.20 Å². The minimum absolute atomic E-state index is 0.00944. The van der Waals surface area contributed by atoms with Crippen molar-refractivity contribution in [3.63, 3.8) is 0 Å². The van der Waals surface area contributed by atoms with Gasteiger partial charge in [0.05, 0.1) is 9.89 Å². The number of nitrogens with zero attached hydrogens (tertiary/aromatic N) is 1. The Balaban J connectivity index is 2.16. The molecule has 0 spiro atoms. The highest BCUT2D eigenvalue weighted by molar-refractivity contribution is 9.10. The molecule has 0 bridgehead atoms. The molecule has 98 valence electrons. The molecule has 1 fully saturated rings. The van der Waals surface area contributed by atoms with Crippen molar-refractivity contribution in [2.75, 3.05) is 0 Å². The first kappa shape index (κ1) is 13.0. The quantitative estimate of drug-likeness (QED) is 0.802. The zero-order valence-electron chi connectivity index (χ0n) is 10.5. The molecule has 1 aromatic carbocycles.